The molecule has 29 heavy (non-hydrogen) atoms. The van der Waals surface area contributed by atoms with Crippen molar-refractivity contribution in [3.63, 3.8) is 0 Å². The second-order valence-corrected chi connectivity index (χ2v) is 6.82. The van der Waals surface area contributed by atoms with Gasteiger partial charge in [0.15, 0.2) is 17.5 Å². The zero-order valence-electron chi connectivity index (χ0n) is 17.0. The third-order valence-corrected chi connectivity index (χ3v) is 4.67. The Labute approximate surface area is 190 Å². The van der Waals surface area contributed by atoms with Crippen molar-refractivity contribution < 1.29 is 14.6 Å². The van der Waals surface area contributed by atoms with Crippen LogP contribution in [0.3, 0.4) is 0 Å². The number of rotatable bonds is 7. The smallest absolute Gasteiger partial charge is 0.194 e. The molecule has 3 rings (SSSR count). The first-order chi connectivity index (χ1) is 13.7. The number of aliphatic hydroxyl groups is 1. The van der Waals surface area contributed by atoms with E-state index < -0.39 is 0 Å². The molecule has 2 N–H and O–H groups in total. The molecular weight excluding hydrogens is 481 g/mol. The molecule has 0 aliphatic carbocycles. The Morgan fingerprint density at radius 2 is 1.97 bits per heavy atom. The molecule has 0 amide bonds. The Morgan fingerprint density at radius 3 is 2.62 bits per heavy atom. The largest absolute Gasteiger partial charge is 0.493 e. The highest BCUT2D eigenvalue weighted by Crippen LogP contribution is 2.29. The molecule has 1 aliphatic heterocycles. The lowest BCUT2D eigenvalue weighted by atomic mass is 10.2. The molecule has 158 valence electrons. The van der Waals surface area contributed by atoms with E-state index >= 15 is 0 Å². The van der Waals surface area contributed by atoms with Crippen LogP contribution in [0.15, 0.2) is 53.5 Å². The summed E-state index contributed by atoms with van der Waals surface area (Å²) in [6, 6.07) is 16.0. The zero-order valence-corrected chi connectivity index (χ0v) is 19.3. The van der Waals surface area contributed by atoms with Crippen molar-refractivity contribution in [3.05, 3.63) is 59.7 Å². The van der Waals surface area contributed by atoms with Gasteiger partial charge in [-0.3, -0.25) is 0 Å². The van der Waals surface area contributed by atoms with E-state index in [1.165, 1.54) is 0 Å². The highest BCUT2D eigenvalue weighted by Gasteiger charge is 2.22. The van der Waals surface area contributed by atoms with Gasteiger partial charge in [0.05, 0.1) is 19.8 Å². The Kier molecular flexibility index (Phi) is 9.53. The Balaban J connectivity index is 0.00000300. The number of nitrogens with one attached hydrogen (secondary N) is 1. The molecular formula is C22H30IN3O3. The topological polar surface area (TPSA) is 66.3 Å². The normalized spacial score (nSPS) is 16.3. The molecule has 2 aromatic carbocycles. The van der Waals surface area contributed by atoms with Gasteiger partial charge in [-0.1, -0.05) is 36.4 Å². The molecule has 0 aromatic heterocycles. The summed E-state index contributed by atoms with van der Waals surface area (Å²) >= 11 is 0. The summed E-state index contributed by atoms with van der Waals surface area (Å²) in [7, 11) is 1.65. The number of likely N-dealkylation sites (tertiary alicyclic amines) is 1. The van der Waals surface area contributed by atoms with Crippen molar-refractivity contribution in [2.24, 2.45) is 4.99 Å². The van der Waals surface area contributed by atoms with E-state index in [1.54, 1.807) is 7.11 Å². The summed E-state index contributed by atoms with van der Waals surface area (Å²) in [6.45, 7) is 5.32. The van der Waals surface area contributed by atoms with Gasteiger partial charge in [0.2, 0.25) is 0 Å². The molecule has 0 radical (unpaired) electrons. The van der Waals surface area contributed by atoms with Crippen molar-refractivity contribution in [1.82, 2.24) is 10.2 Å². The first-order valence-electron chi connectivity index (χ1n) is 9.74. The van der Waals surface area contributed by atoms with Gasteiger partial charge < -0.3 is 24.8 Å². The van der Waals surface area contributed by atoms with E-state index in [9.17, 15) is 5.11 Å². The Hall–Kier alpha value is -2.00. The number of aliphatic hydroxyl groups excluding tert-OH is 1. The number of halogens is 1. The van der Waals surface area contributed by atoms with Crippen molar-refractivity contribution in [2.75, 3.05) is 26.7 Å². The van der Waals surface area contributed by atoms with E-state index in [0.29, 0.717) is 31.2 Å². The third-order valence-electron chi connectivity index (χ3n) is 4.67. The standard InChI is InChI=1S/C22H29N3O3.HI/c1-3-23-22(25-12-11-19(26)15-25)24-14-18-9-10-20(21(13-18)27-2)28-16-17-7-5-4-6-8-17;/h4-10,13,19,26H,3,11-12,14-16H2,1-2H3,(H,23,24);1H/t19-;/m1./s1. The SMILES string of the molecule is CCNC(=NCc1ccc(OCc2ccccc2)c(OC)c1)N1CC[C@@H](O)C1.I. The fraction of sp³-hybridized carbons (Fsp3) is 0.409. The highest BCUT2D eigenvalue weighted by atomic mass is 127. The van der Waals surface area contributed by atoms with Crippen molar-refractivity contribution >= 4 is 29.9 Å². The maximum Gasteiger partial charge on any atom is 0.194 e. The average molecular weight is 511 g/mol. The predicted octanol–water partition coefficient (Wildman–Crippen LogP) is 3.42. The van der Waals surface area contributed by atoms with Crippen LogP contribution in [0, 0.1) is 0 Å². The summed E-state index contributed by atoms with van der Waals surface area (Å²) in [5, 5.41) is 13.1. The van der Waals surface area contributed by atoms with Gasteiger partial charge in [-0.25, -0.2) is 4.99 Å². The van der Waals surface area contributed by atoms with Gasteiger partial charge in [-0.15, -0.1) is 24.0 Å². The van der Waals surface area contributed by atoms with Crippen LogP contribution in [0.2, 0.25) is 0 Å². The number of aliphatic imine (C=N–C) groups is 1. The van der Waals surface area contributed by atoms with Crippen LogP contribution in [0.25, 0.3) is 0 Å². The number of β-amino-alcohol motifs (C(OH)–C–C–N with tert-alkyl or cyclic N) is 1. The van der Waals surface area contributed by atoms with Crippen molar-refractivity contribution in [1.29, 1.82) is 0 Å². The number of nitrogens with zero attached hydrogens (tertiary/aromatic N) is 2. The summed E-state index contributed by atoms with van der Waals surface area (Å²) < 4.78 is 11.4. The number of hydrogen-bond donors (Lipinski definition) is 2. The molecule has 7 heteroatoms. The van der Waals surface area contributed by atoms with Crippen LogP contribution in [-0.4, -0.2) is 48.8 Å². The minimum Gasteiger partial charge on any atom is -0.493 e. The van der Waals surface area contributed by atoms with Crippen LogP contribution in [0.1, 0.15) is 24.5 Å². The maximum atomic E-state index is 9.78. The van der Waals surface area contributed by atoms with Crippen LogP contribution >= 0.6 is 24.0 Å². The second kappa shape index (κ2) is 11.9. The van der Waals surface area contributed by atoms with Gasteiger partial charge in [0.1, 0.15) is 6.61 Å². The molecule has 1 atom stereocenters. The highest BCUT2D eigenvalue weighted by molar-refractivity contribution is 14.0. The van der Waals surface area contributed by atoms with Crippen LogP contribution < -0.4 is 14.8 Å². The molecule has 6 nitrogen and oxygen atoms in total. The van der Waals surface area contributed by atoms with Crippen LogP contribution in [0.4, 0.5) is 0 Å². The summed E-state index contributed by atoms with van der Waals surface area (Å²) in [4.78, 5) is 6.82. The maximum absolute atomic E-state index is 9.78. The van der Waals surface area contributed by atoms with Crippen molar-refractivity contribution in [3.8, 4) is 11.5 Å². The monoisotopic (exact) mass is 511 g/mol. The van der Waals surface area contributed by atoms with Gasteiger partial charge in [0, 0.05) is 19.6 Å². The molecule has 1 heterocycles. The van der Waals surface area contributed by atoms with Gasteiger partial charge in [-0.2, -0.15) is 0 Å². The second-order valence-electron chi connectivity index (χ2n) is 6.82. The third kappa shape index (κ3) is 6.78. The first-order valence-corrected chi connectivity index (χ1v) is 9.74. The molecule has 0 saturated carbocycles. The quantitative estimate of drug-likeness (QED) is 0.339. The lowest BCUT2D eigenvalue weighted by Crippen LogP contribution is -2.40. The van der Waals surface area contributed by atoms with E-state index in [1.807, 2.05) is 55.5 Å². The molecule has 1 fully saturated rings. The number of guanidine groups is 1. The number of benzene rings is 2. The minimum absolute atomic E-state index is 0. The van der Waals surface area contributed by atoms with E-state index in [0.717, 1.165) is 36.6 Å². The molecule has 0 bridgehead atoms. The van der Waals surface area contributed by atoms with Gasteiger partial charge >= 0.3 is 0 Å². The lowest BCUT2D eigenvalue weighted by molar-refractivity contribution is 0.188. The van der Waals surface area contributed by atoms with Crippen LogP contribution in [-0.2, 0) is 13.2 Å². The van der Waals surface area contributed by atoms with Gasteiger partial charge in [-0.05, 0) is 36.6 Å². The molecule has 1 aliphatic rings. The van der Waals surface area contributed by atoms with E-state index in [4.69, 9.17) is 14.5 Å². The first kappa shape index (κ1) is 23.3. The average Bonchev–Trinajstić information content (AvgIpc) is 3.16. The fourth-order valence-corrected chi connectivity index (χ4v) is 3.19. The fourth-order valence-electron chi connectivity index (χ4n) is 3.19. The Morgan fingerprint density at radius 1 is 1.17 bits per heavy atom. The lowest BCUT2D eigenvalue weighted by Gasteiger charge is -2.21. The van der Waals surface area contributed by atoms with E-state index in [2.05, 4.69) is 10.2 Å². The molecule has 0 spiro atoms. The number of ether oxygens (including phenoxy) is 2. The van der Waals surface area contributed by atoms with Crippen LogP contribution in [0.5, 0.6) is 11.5 Å². The van der Waals surface area contributed by atoms with Gasteiger partial charge in [0.25, 0.3) is 0 Å². The molecule has 2 aromatic rings. The van der Waals surface area contributed by atoms with E-state index in [-0.39, 0.29) is 30.1 Å². The Bertz CT molecular complexity index is 786. The molecule has 1 saturated heterocycles. The minimum atomic E-state index is -0.273. The summed E-state index contributed by atoms with van der Waals surface area (Å²) in [6.07, 6.45) is 0.510. The predicted molar refractivity (Wildman–Crippen MR) is 126 cm³/mol. The summed E-state index contributed by atoms with van der Waals surface area (Å²) in [5.41, 5.74) is 2.15. The number of methoxy groups -OCH3 is 1. The van der Waals surface area contributed by atoms with Crippen molar-refractivity contribution in [2.45, 2.75) is 32.6 Å². The zero-order chi connectivity index (χ0) is 19.8. The summed E-state index contributed by atoms with van der Waals surface area (Å²) in [5.74, 6) is 2.25. The molecule has 0 unspecified atom stereocenters. The number of hydrogen-bond acceptors (Lipinski definition) is 4.